The molecule has 0 saturated carbocycles. The standard InChI is InChI=1S/C12H14N2O5/c1-6-4-7(2)10(14(18)19)5-9(6)11(15)13-8(3)12(16)17/h4-5,8H,1-3H3,(H,13,15)(H,16,17)/t8-/m0/s1. The van der Waals surface area contributed by atoms with Crippen LogP contribution in [-0.2, 0) is 4.79 Å². The van der Waals surface area contributed by atoms with E-state index in [0.717, 1.165) is 6.07 Å². The monoisotopic (exact) mass is 266 g/mol. The molecule has 1 aromatic carbocycles. The lowest BCUT2D eigenvalue weighted by atomic mass is 10.0. The van der Waals surface area contributed by atoms with E-state index in [-0.39, 0.29) is 11.3 Å². The van der Waals surface area contributed by atoms with Crippen molar-refractivity contribution in [3.63, 3.8) is 0 Å². The zero-order valence-electron chi connectivity index (χ0n) is 10.8. The van der Waals surface area contributed by atoms with Crippen molar-refractivity contribution in [3.8, 4) is 0 Å². The van der Waals surface area contributed by atoms with Crippen LogP contribution in [0.4, 0.5) is 5.69 Å². The molecular formula is C12H14N2O5. The third-order valence-corrected chi connectivity index (χ3v) is 2.70. The SMILES string of the molecule is Cc1cc(C)c([N+](=O)[O-])cc1C(=O)N[C@@H](C)C(=O)O. The van der Waals surface area contributed by atoms with E-state index in [0.29, 0.717) is 11.1 Å². The van der Waals surface area contributed by atoms with E-state index >= 15 is 0 Å². The minimum absolute atomic E-state index is 0.102. The van der Waals surface area contributed by atoms with Crippen LogP contribution in [0, 0.1) is 24.0 Å². The van der Waals surface area contributed by atoms with Gasteiger partial charge in [-0.15, -0.1) is 0 Å². The number of benzene rings is 1. The molecule has 1 rings (SSSR count). The van der Waals surface area contributed by atoms with E-state index in [9.17, 15) is 19.7 Å². The summed E-state index contributed by atoms with van der Waals surface area (Å²) in [7, 11) is 0. The lowest BCUT2D eigenvalue weighted by molar-refractivity contribution is -0.385. The van der Waals surface area contributed by atoms with Gasteiger partial charge in [0, 0.05) is 17.2 Å². The van der Waals surface area contributed by atoms with Gasteiger partial charge in [-0.05, 0) is 32.4 Å². The van der Waals surface area contributed by atoms with Gasteiger partial charge in [0.25, 0.3) is 11.6 Å². The van der Waals surface area contributed by atoms with Gasteiger partial charge in [0.05, 0.1) is 4.92 Å². The fourth-order valence-electron chi connectivity index (χ4n) is 1.62. The van der Waals surface area contributed by atoms with Gasteiger partial charge in [-0.25, -0.2) is 0 Å². The number of nitro groups is 1. The number of hydrogen-bond donors (Lipinski definition) is 2. The van der Waals surface area contributed by atoms with Gasteiger partial charge < -0.3 is 10.4 Å². The van der Waals surface area contributed by atoms with Gasteiger partial charge in [-0.1, -0.05) is 0 Å². The predicted molar refractivity (Wildman–Crippen MR) is 67.1 cm³/mol. The Kier molecular flexibility index (Phi) is 4.21. The average Bonchev–Trinajstić information content (AvgIpc) is 2.27. The van der Waals surface area contributed by atoms with E-state index in [4.69, 9.17) is 5.11 Å². The van der Waals surface area contributed by atoms with Crippen LogP contribution in [0.1, 0.15) is 28.4 Å². The zero-order valence-corrected chi connectivity index (χ0v) is 10.8. The predicted octanol–water partition coefficient (Wildman–Crippen LogP) is 1.41. The van der Waals surface area contributed by atoms with Crippen LogP contribution in [0.15, 0.2) is 12.1 Å². The molecule has 0 radical (unpaired) electrons. The second-order valence-electron chi connectivity index (χ2n) is 4.24. The summed E-state index contributed by atoms with van der Waals surface area (Å²) in [5.41, 5.74) is 0.938. The molecule has 1 atom stereocenters. The Morgan fingerprint density at radius 1 is 1.32 bits per heavy atom. The van der Waals surface area contributed by atoms with Crippen LogP contribution >= 0.6 is 0 Å². The van der Waals surface area contributed by atoms with E-state index in [1.54, 1.807) is 13.8 Å². The number of amides is 1. The first-order valence-electron chi connectivity index (χ1n) is 5.53. The Morgan fingerprint density at radius 3 is 2.37 bits per heavy atom. The highest BCUT2D eigenvalue weighted by atomic mass is 16.6. The van der Waals surface area contributed by atoms with Crippen molar-refractivity contribution >= 4 is 17.6 Å². The van der Waals surface area contributed by atoms with Crippen molar-refractivity contribution in [1.82, 2.24) is 5.32 Å². The van der Waals surface area contributed by atoms with Crippen LogP contribution in [0.25, 0.3) is 0 Å². The highest BCUT2D eigenvalue weighted by molar-refractivity contribution is 5.98. The maximum absolute atomic E-state index is 11.9. The van der Waals surface area contributed by atoms with Crippen molar-refractivity contribution < 1.29 is 19.6 Å². The van der Waals surface area contributed by atoms with Gasteiger partial charge in [-0.3, -0.25) is 19.7 Å². The summed E-state index contributed by atoms with van der Waals surface area (Å²) in [6.07, 6.45) is 0. The third-order valence-electron chi connectivity index (χ3n) is 2.70. The molecule has 0 aliphatic carbocycles. The molecule has 0 aliphatic heterocycles. The van der Waals surface area contributed by atoms with E-state index in [2.05, 4.69) is 5.32 Å². The van der Waals surface area contributed by atoms with Crippen LogP contribution in [-0.4, -0.2) is 27.9 Å². The number of nitro benzene ring substituents is 1. The topological polar surface area (TPSA) is 110 Å². The van der Waals surface area contributed by atoms with Crippen molar-refractivity contribution in [2.45, 2.75) is 26.8 Å². The number of hydrogen-bond acceptors (Lipinski definition) is 4. The molecule has 1 amide bonds. The third kappa shape index (κ3) is 3.27. The summed E-state index contributed by atoms with van der Waals surface area (Å²) in [5.74, 6) is -1.82. The molecule has 0 unspecified atom stereocenters. The molecule has 102 valence electrons. The number of carboxylic acid groups (broad SMARTS) is 1. The molecule has 0 saturated heterocycles. The molecular weight excluding hydrogens is 252 g/mol. The highest BCUT2D eigenvalue weighted by Crippen LogP contribution is 2.22. The van der Waals surface area contributed by atoms with Crippen molar-refractivity contribution in [2.75, 3.05) is 0 Å². The summed E-state index contributed by atoms with van der Waals surface area (Å²) in [6, 6.07) is 1.62. The van der Waals surface area contributed by atoms with Gasteiger partial charge in [-0.2, -0.15) is 0 Å². The Labute approximate surface area is 109 Å². The Bertz CT molecular complexity index is 553. The maximum atomic E-state index is 11.9. The van der Waals surface area contributed by atoms with Crippen LogP contribution in [0.3, 0.4) is 0 Å². The normalized spacial score (nSPS) is 11.7. The van der Waals surface area contributed by atoms with Gasteiger partial charge in [0.15, 0.2) is 0 Å². The number of nitrogens with zero attached hydrogens (tertiary/aromatic N) is 1. The van der Waals surface area contributed by atoms with Crippen molar-refractivity contribution in [2.24, 2.45) is 0 Å². The smallest absolute Gasteiger partial charge is 0.325 e. The van der Waals surface area contributed by atoms with Gasteiger partial charge in [0.2, 0.25) is 0 Å². The van der Waals surface area contributed by atoms with E-state index < -0.39 is 22.8 Å². The highest BCUT2D eigenvalue weighted by Gasteiger charge is 2.20. The molecule has 0 fully saturated rings. The van der Waals surface area contributed by atoms with Crippen LogP contribution in [0.5, 0.6) is 0 Å². The lowest BCUT2D eigenvalue weighted by Gasteiger charge is -2.11. The fourth-order valence-corrected chi connectivity index (χ4v) is 1.62. The Hall–Kier alpha value is -2.44. The van der Waals surface area contributed by atoms with Gasteiger partial charge in [0.1, 0.15) is 6.04 Å². The molecule has 7 nitrogen and oxygen atoms in total. The zero-order chi connectivity index (χ0) is 14.7. The molecule has 0 aromatic heterocycles. The first-order chi connectivity index (χ1) is 8.73. The number of nitrogens with one attached hydrogen (secondary N) is 1. The van der Waals surface area contributed by atoms with Gasteiger partial charge >= 0.3 is 5.97 Å². The quantitative estimate of drug-likeness (QED) is 0.632. The molecule has 19 heavy (non-hydrogen) atoms. The summed E-state index contributed by atoms with van der Waals surface area (Å²) >= 11 is 0. The average molecular weight is 266 g/mol. The van der Waals surface area contributed by atoms with Crippen LogP contribution < -0.4 is 5.32 Å². The Balaban J connectivity index is 3.13. The Morgan fingerprint density at radius 2 is 1.89 bits per heavy atom. The molecule has 1 aromatic rings. The van der Waals surface area contributed by atoms with Crippen molar-refractivity contribution in [3.05, 3.63) is 38.9 Å². The number of aryl methyl sites for hydroxylation is 2. The molecule has 2 N–H and O–H groups in total. The van der Waals surface area contributed by atoms with E-state index in [1.165, 1.54) is 13.0 Å². The summed E-state index contributed by atoms with van der Waals surface area (Å²) in [4.78, 5) is 32.8. The number of aliphatic carboxylic acids is 1. The lowest BCUT2D eigenvalue weighted by Crippen LogP contribution is -2.38. The summed E-state index contributed by atoms with van der Waals surface area (Å²) in [5, 5.41) is 21.8. The second-order valence-corrected chi connectivity index (χ2v) is 4.24. The summed E-state index contributed by atoms with van der Waals surface area (Å²) < 4.78 is 0. The number of carboxylic acids is 1. The minimum Gasteiger partial charge on any atom is -0.480 e. The number of rotatable bonds is 4. The summed E-state index contributed by atoms with van der Waals surface area (Å²) in [6.45, 7) is 4.53. The second kappa shape index (κ2) is 5.47. The fraction of sp³-hybridized carbons (Fsp3) is 0.333. The molecule has 0 spiro atoms. The number of carbonyl (C=O) groups is 2. The first kappa shape index (κ1) is 14.6. The van der Waals surface area contributed by atoms with E-state index in [1.807, 2.05) is 0 Å². The van der Waals surface area contributed by atoms with Crippen LogP contribution in [0.2, 0.25) is 0 Å². The molecule has 7 heteroatoms. The molecule has 0 bridgehead atoms. The maximum Gasteiger partial charge on any atom is 0.325 e. The minimum atomic E-state index is -1.17. The first-order valence-corrected chi connectivity index (χ1v) is 5.53. The number of carbonyl (C=O) groups excluding carboxylic acids is 1. The molecule has 0 heterocycles. The largest absolute Gasteiger partial charge is 0.480 e. The molecule has 0 aliphatic rings. The van der Waals surface area contributed by atoms with Crippen molar-refractivity contribution in [1.29, 1.82) is 0 Å².